The minimum atomic E-state index is 0.138. The molecule has 0 fully saturated rings. The van der Waals surface area contributed by atoms with Crippen LogP contribution in [0, 0.1) is 5.92 Å². The van der Waals surface area contributed by atoms with E-state index in [-0.39, 0.29) is 6.04 Å². The van der Waals surface area contributed by atoms with Gasteiger partial charge in [-0.2, -0.15) is 4.80 Å². The van der Waals surface area contributed by atoms with Crippen LogP contribution in [0.1, 0.15) is 32.5 Å². The zero-order valence-corrected chi connectivity index (χ0v) is 9.14. The summed E-state index contributed by atoms with van der Waals surface area (Å²) in [6.07, 6.45) is 3.04. The summed E-state index contributed by atoms with van der Waals surface area (Å²) in [4.78, 5) is 1.46. The van der Waals surface area contributed by atoms with Crippen molar-refractivity contribution in [1.29, 1.82) is 0 Å². The third kappa shape index (κ3) is 3.06. The second-order valence-electron chi connectivity index (χ2n) is 3.83. The first-order valence-corrected chi connectivity index (χ1v) is 5.12. The molecular weight excluding hydrogens is 178 g/mol. The number of nitrogens with two attached hydrogens (primary N) is 1. The van der Waals surface area contributed by atoms with Crippen molar-refractivity contribution in [2.45, 2.75) is 39.2 Å². The third-order valence-electron chi connectivity index (χ3n) is 2.44. The molecule has 0 radical (unpaired) electrons. The normalized spacial score (nSPS) is 15.4. The molecule has 0 amide bonds. The smallest absolute Gasteiger partial charge is 0.176 e. The summed E-state index contributed by atoms with van der Waals surface area (Å²) in [5.74, 6) is 1.26. The van der Waals surface area contributed by atoms with Crippen LogP contribution in [0.2, 0.25) is 0 Å². The summed E-state index contributed by atoms with van der Waals surface area (Å²) in [6, 6.07) is 0.138. The Hall–Kier alpha value is -0.970. The van der Waals surface area contributed by atoms with Gasteiger partial charge in [-0.1, -0.05) is 20.3 Å². The molecule has 0 spiro atoms. The van der Waals surface area contributed by atoms with Crippen molar-refractivity contribution < 1.29 is 0 Å². The summed E-state index contributed by atoms with van der Waals surface area (Å²) < 4.78 is 0. The molecule has 1 heterocycles. The van der Waals surface area contributed by atoms with Crippen LogP contribution in [0.15, 0.2) is 0 Å². The minimum absolute atomic E-state index is 0.138. The quantitative estimate of drug-likeness (QED) is 0.747. The summed E-state index contributed by atoms with van der Waals surface area (Å²) in [5.41, 5.74) is 6.03. The molecule has 0 aromatic carbocycles. The Morgan fingerprint density at radius 1 is 1.50 bits per heavy atom. The van der Waals surface area contributed by atoms with E-state index in [2.05, 4.69) is 29.3 Å². The fraction of sp³-hybridized carbons (Fsp3) is 0.889. The first-order chi connectivity index (χ1) is 6.63. The second kappa shape index (κ2) is 5.05. The molecule has 0 saturated heterocycles. The first kappa shape index (κ1) is 11.1. The number of rotatable bonds is 5. The van der Waals surface area contributed by atoms with Gasteiger partial charge < -0.3 is 5.73 Å². The lowest BCUT2D eigenvalue weighted by Crippen LogP contribution is -2.31. The van der Waals surface area contributed by atoms with Crippen LogP contribution in [0.5, 0.6) is 0 Å². The summed E-state index contributed by atoms with van der Waals surface area (Å²) in [5, 5.41) is 11.8. The van der Waals surface area contributed by atoms with Crippen molar-refractivity contribution in [1.82, 2.24) is 20.2 Å². The SMILES string of the molecule is CCCC(C)C(N)Cc1nnn(C)n1. The van der Waals surface area contributed by atoms with Gasteiger partial charge in [-0.3, -0.25) is 0 Å². The van der Waals surface area contributed by atoms with Gasteiger partial charge in [-0.25, -0.2) is 0 Å². The van der Waals surface area contributed by atoms with Crippen molar-refractivity contribution in [3.63, 3.8) is 0 Å². The molecule has 14 heavy (non-hydrogen) atoms. The average molecular weight is 197 g/mol. The Morgan fingerprint density at radius 2 is 2.21 bits per heavy atom. The molecule has 80 valence electrons. The van der Waals surface area contributed by atoms with Gasteiger partial charge in [0, 0.05) is 12.5 Å². The van der Waals surface area contributed by atoms with Crippen LogP contribution in [0.25, 0.3) is 0 Å². The predicted octanol–water partition coefficient (Wildman–Crippen LogP) is 0.516. The maximum atomic E-state index is 6.03. The van der Waals surface area contributed by atoms with Crippen LogP contribution < -0.4 is 5.73 Å². The fourth-order valence-corrected chi connectivity index (χ4v) is 1.49. The van der Waals surface area contributed by atoms with E-state index in [0.717, 1.165) is 18.7 Å². The molecule has 5 nitrogen and oxygen atoms in total. The zero-order chi connectivity index (χ0) is 10.6. The first-order valence-electron chi connectivity index (χ1n) is 5.12. The number of tetrazole rings is 1. The van der Waals surface area contributed by atoms with Crippen molar-refractivity contribution in [2.24, 2.45) is 18.7 Å². The Bertz CT molecular complexity index is 270. The van der Waals surface area contributed by atoms with E-state index in [1.54, 1.807) is 7.05 Å². The van der Waals surface area contributed by atoms with E-state index in [9.17, 15) is 0 Å². The van der Waals surface area contributed by atoms with E-state index < -0.39 is 0 Å². The molecular formula is C9H19N5. The molecule has 0 aliphatic rings. The molecule has 0 aliphatic heterocycles. The van der Waals surface area contributed by atoms with Gasteiger partial charge in [0.2, 0.25) is 0 Å². The predicted molar refractivity (Wildman–Crippen MR) is 54.5 cm³/mol. The maximum absolute atomic E-state index is 6.03. The van der Waals surface area contributed by atoms with Gasteiger partial charge in [-0.05, 0) is 17.6 Å². The molecule has 2 atom stereocenters. The van der Waals surface area contributed by atoms with E-state index in [1.165, 1.54) is 11.2 Å². The highest BCUT2D eigenvalue weighted by molar-refractivity contribution is 4.85. The molecule has 1 aromatic rings. The molecule has 0 bridgehead atoms. The second-order valence-corrected chi connectivity index (χ2v) is 3.83. The highest BCUT2D eigenvalue weighted by Crippen LogP contribution is 2.11. The van der Waals surface area contributed by atoms with Crippen molar-refractivity contribution >= 4 is 0 Å². The van der Waals surface area contributed by atoms with Crippen LogP contribution in [-0.4, -0.2) is 26.2 Å². The highest BCUT2D eigenvalue weighted by Gasteiger charge is 2.14. The monoisotopic (exact) mass is 197 g/mol. The van der Waals surface area contributed by atoms with Gasteiger partial charge in [0.1, 0.15) is 0 Å². The third-order valence-corrected chi connectivity index (χ3v) is 2.44. The lowest BCUT2D eigenvalue weighted by molar-refractivity contribution is 0.414. The number of nitrogens with zero attached hydrogens (tertiary/aromatic N) is 4. The largest absolute Gasteiger partial charge is 0.327 e. The number of aryl methyl sites for hydroxylation is 1. The zero-order valence-electron chi connectivity index (χ0n) is 9.14. The Labute approximate surface area is 84.7 Å². The maximum Gasteiger partial charge on any atom is 0.176 e. The summed E-state index contributed by atoms with van der Waals surface area (Å²) in [6.45, 7) is 4.34. The molecule has 0 saturated carbocycles. The fourth-order valence-electron chi connectivity index (χ4n) is 1.49. The number of hydrogen-bond acceptors (Lipinski definition) is 4. The molecule has 0 aliphatic carbocycles. The van der Waals surface area contributed by atoms with Crippen molar-refractivity contribution in [2.75, 3.05) is 0 Å². The Balaban J connectivity index is 2.43. The van der Waals surface area contributed by atoms with Gasteiger partial charge in [0.05, 0.1) is 7.05 Å². The van der Waals surface area contributed by atoms with E-state index in [1.807, 2.05) is 0 Å². The van der Waals surface area contributed by atoms with Crippen molar-refractivity contribution in [3.05, 3.63) is 5.82 Å². The van der Waals surface area contributed by atoms with Gasteiger partial charge >= 0.3 is 0 Å². The average Bonchev–Trinajstić information content (AvgIpc) is 2.51. The minimum Gasteiger partial charge on any atom is -0.327 e. The van der Waals surface area contributed by atoms with Crippen LogP contribution in [-0.2, 0) is 13.5 Å². The van der Waals surface area contributed by atoms with Crippen LogP contribution in [0.3, 0.4) is 0 Å². The lowest BCUT2D eigenvalue weighted by Gasteiger charge is -2.17. The molecule has 2 N–H and O–H groups in total. The van der Waals surface area contributed by atoms with E-state index >= 15 is 0 Å². The molecule has 2 unspecified atom stereocenters. The van der Waals surface area contributed by atoms with Crippen molar-refractivity contribution in [3.8, 4) is 0 Å². The van der Waals surface area contributed by atoms with Crippen LogP contribution >= 0.6 is 0 Å². The summed E-state index contributed by atoms with van der Waals surface area (Å²) in [7, 11) is 1.76. The summed E-state index contributed by atoms with van der Waals surface area (Å²) >= 11 is 0. The molecule has 1 aromatic heterocycles. The number of aromatic nitrogens is 4. The van der Waals surface area contributed by atoms with E-state index in [4.69, 9.17) is 5.73 Å². The van der Waals surface area contributed by atoms with Gasteiger partial charge in [0.15, 0.2) is 5.82 Å². The number of hydrogen-bond donors (Lipinski definition) is 1. The van der Waals surface area contributed by atoms with Gasteiger partial charge in [-0.15, -0.1) is 10.2 Å². The van der Waals surface area contributed by atoms with E-state index in [0.29, 0.717) is 5.92 Å². The van der Waals surface area contributed by atoms with Crippen LogP contribution in [0.4, 0.5) is 0 Å². The Morgan fingerprint density at radius 3 is 2.71 bits per heavy atom. The lowest BCUT2D eigenvalue weighted by atomic mass is 9.95. The topological polar surface area (TPSA) is 69.6 Å². The highest BCUT2D eigenvalue weighted by atomic mass is 15.6. The molecule has 1 rings (SSSR count). The standard InChI is InChI=1S/C9H19N5/c1-4-5-7(2)8(10)6-9-11-13-14(3)12-9/h7-8H,4-6,10H2,1-3H3. The Kier molecular flexibility index (Phi) is 4.00. The van der Waals surface area contributed by atoms with Gasteiger partial charge in [0.25, 0.3) is 0 Å². The molecule has 5 heteroatoms.